The smallest absolute Gasteiger partial charge is 0.106 e. The van der Waals surface area contributed by atoms with Crippen LogP contribution in [0.1, 0.15) is 93.4 Å². The minimum absolute atomic E-state index is 0.225. The molecule has 1 heterocycles. The van der Waals surface area contributed by atoms with Crippen molar-refractivity contribution in [2.45, 2.75) is 91.5 Å². The van der Waals surface area contributed by atoms with Crippen LogP contribution in [0.15, 0.2) is 4.42 Å². The molecule has 0 saturated carbocycles. The average Bonchev–Trinajstić information content (AvgIpc) is 2.72. The Kier molecular flexibility index (Phi) is 8.70. The fraction of sp³-hybridized carbons (Fsp3) is 0.778. The molecule has 1 unspecified atom stereocenters. The quantitative estimate of drug-likeness (QED) is 0.333. The normalized spacial score (nSPS) is 12.8. The third-order valence-corrected chi connectivity index (χ3v) is 4.51. The van der Waals surface area contributed by atoms with Gasteiger partial charge in [-0.15, -0.1) is 0 Å². The summed E-state index contributed by atoms with van der Waals surface area (Å²) in [6.45, 7) is 8.45. The molecule has 0 aliphatic rings. The van der Waals surface area contributed by atoms with Crippen molar-refractivity contribution in [2.24, 2.45) is 5.84 Å². The Balaban J connectivity index is 2.29. The molecule has 0 aliphatic carbocycles. The summed E-state index contributed by atoms with van der Waals surface area (Å²) in [5, 5.41) is 0. The van der Waals surface area contributed by atoms with Gasteiger partial charge in [0.2, 0.25) is 0 Å². The molecule has 0 aliphatic heterocycles. The summed E-state index contributed by atoms with van der Waals surface area (Å²) in [5.41, 5.74) is 5.48. The number of rotatable bonds is 11. The third-order valence-electron chi connectivity index (χ3n) is 4.51. The lowest BCUT2D eigenvalue weighted by Gasteiger charge is -2.16. The highest BCUT2D eigenvalue weighted by atomic mass is 16.3. The lowest BCUT2D eigenvalue weighted by atomic mass is 9.97. The second-order valence-corrected chi connectivity index (χ2v) is 6.24. The number of hydrogen-bond acceptors (Lipinski definition) is 3. The molecule has 21 heavy (non-hydrogen) atoms. The van der Waals surface area contributed by atoms with Crippen LogP contribution in [-0.2, 0) is 0 Å². The van der Waals surface area contributed by atoms with Crippen LogP contribution in [0.4, 0.5) is 0 Å². The Bertz CT molecular complexity index is 398. The summed E-state index contributed by atoms with van der Waals surface area (Å²) in [6, 6.07) is 0.225. The van der Waals surface area contributed by atoms with Crippen molar-refractivity contribution in [1.82, 2.24) is 5.43 Å². The van der Waals surface area contributed by atoms with Crippen molar-refractivity contribution < 1.29 is 4.42 Å². The zero-order chi connectivity index (χ0) is 15.7. The molecule has 1 aromatic heterocycles. The minimum Gasteiger partial charge on any atom is -0.466 e. The van der Waals surface area contributed by atoms with E-state index < -0.39 is 0 Å². The van der Waals surface area contributed by atoms with Gasteiger partial charge in [-0.1, -0.05) is 58.3 Å². The van der Waals surface area contributed by atoms with Gasteiger partial charge < -0.3 is 4.42 Å². The van der Waals surface area contributed by atoms with E-state index >= 15 is 0 Å². The molecule has 0 fully saturated rings. The van der Waals surface area contributed by atoms with E-state index in [0.29, 0.717) is 0 Å². The summed E-state index contributed by atoms with van der Waals surface area (Å²) >= 11 is 0. The first-order valence-electron chi connectivity index (χ1n) is 8.64. The molecule has 3 heteroatoms. The number of nitrogens with two attached hydrogens (primary N) is 1. The predicted octanol–water partition coefficient (Wildman–Crippen LogP) is 5.24. The van der Waals surface area contributed by atoms with Crippen molar-refractivity contribution in [1.29, 1.82) is 0 Å². The zero-order valence-electron chi connectivity index (χ0n) is 14.4. The number of hydrogen-bond donors (Lipinski definition) is 2. The first-order chi connectivity index (χ1) is 10.1. The van der Waals surface area contributed by atoms with Crippen molar-refractivity contribution in [3.8, 4) is 0 Å². The van der Waals surface area contributed by atoms with E-state index in [1.165, 1.54) is 62.5 Å². The molecule has 0 amide bonds. The molecule has 1 rings (SSSR count). The van der Waals surface area contributed by atoms with Gasteiger partial charge in [0.25, 0.3) is 0 Å². The van der Waals surface area contributed by atoms with Gasteiger partial charge in [0.05, 0.1) is 0 Å². The second-order valence-electron chi connectivity index (χ2n) is 6.24. The van der Waals surface area contributed by atoms with E-state index in [9.17, 15) is 0 Å². The number of furan rings is 1. The Morgan fingerprint density at radius 2 is 1.48 bits per heavy atom. The maximum Gasteiger partial charge on any atom is 0.106 e. The Morgan fingerprint density at radius 1 is 0.905 bits per heavy atom. The summed E-state index contributed by atoms with van der Waals surface area (Å²) in [7, 11) is 0. The molecular formula is C18H34N2O. The van der Waals surface area contributed by atoms with Crippen LogP contribution in [-0.4, -0.2) is 0 Å². The van der Waals surface area contributed by atoms with E-state index in [2.05, 4.69) is 19.3 Å². The summed E-state index contributed by atoms with van der Waals surface area (Å²) < 4.78 is 5.71. The second kappa shape index (κ2) is 10.0. The SMILES string of the molecule is CCCCCCCCCCC(NN)c1c(C)oc(C)c1C. The first-order valence-corrected chi connectivity index (χ1v) is 8.64. The minimum atomic E-state index is 0.225. The first kappa shape index (κ1) is 18.2. The van der Waals surface area contributed by atoms with Gasteiger partial charge in [-0.25, -0.2) is 0 Å². The van der Waals surface area contributed by atoms with E-state index in [4.69, 9.17) is 10.3 Å². The Hall–Kier alpha value is -0.800. The maximum absolute atomic E-state index is 5.76. The lowest BCUT2D eigenvalue weighted by molar-refractivity contribution is 0.455. The van der Waals surface area contributed by atoms with Gasteiger partial charge in [-0.3, -0.25) is 11.3 Å². The average molecular weight is 294 g/mol. The van der Waals surface area contributed by atoms with Crippen LogP contribution in [0, 0.1) is 20.8 Å². The van der Waals surface area contributed by atoms with Gasteiger partial charge in [0.1, 0.15) is 11.5 Å². The lowest BCUT2D eigenvalue weighted by Crippen LogP contribution is -2.28. The van der Waals surface area contributed by atoms with Crippen LogP contribution < -0.4 is 11.3 Å². The molecule has 0 spiro atoms. The molecule has 0 saturated heterocycles. The van der Waals surface area contributed by atoms with E-state index in [-0.39, 0.29) is 6.04 Å². The fourth-order valence-corrected chi connectivity index (χ4v) is 3.11. The van der Waals surface area contributed by atoms with Crippen molar-refractivity contribution in [3.63, 3.8) is 0 Å². The van der Waals surface area contributed by atoms with Crippen LogP contribution in [0.2, 0.25) is 0 Å². The summed E-state index contributed by atoms with van der Waals surface area (Å²) in [5.74, 6) is 7.78. The van der Waals surface area contributed by atoms with Crippen molar-refractivity contribution in [2.75, 3.05) is 0 Å². The van der Waals surface area contributed by atoms with Crippen LogP contribution in [0.25, 0.3) is 0 Å². The zero-order valence-corrected chi connectivity index (χ0v) is 14.4. The molecule has 0 aromatic carbocycles. The van der Waals surface area contributed by atoms with Gasteiger partial charge in [0.15, 0.2) is 0 Å². The summed E-state index contributed by atoms with van der Waals surface area (Å²) in [6.07, 6.45) is 11.9. The molecule has 0 radical (unpaired) electrons. The largest absolute Gasteiger partial charge is 0.466 e. The highest BCUT2D eigenvalue weighted by molar-refractivity contribution is 5.34. The fourth-order valence-electron chi connectivity index (χ4n) is 3.11. The summed E-state index contributed by atoms with van der Waals surface area (Å²) in [4.78, 5) is 0. The molecule has 3 nitrogen and oxygen atoms in total. The highest BCUT2D eigenvalue weighted by Crippen LogP contribution is 2.29. The number of hydrazine groups is 1. The Labute approximate surface area is 130 Å². The Morgan fingerprint density at radius 3 is 1.95 bits per heavy atom. The third kappa shape index (κ3) is 5.84. The molecule has 122 valence electrons. The predicted molar refractivity (Wildman–Crippen MR) is 90.2 cm³/mol. The van der Waals surface area contributed by atoms with Gasteiger partial charge in [-0.05, 0) is 32.8 Å². The van der Waals surface area contributed by atoms with Crippen molar-refractivity contribution >= 4 is 0 Å². The van der Waals surface area contributed by atoms with Crippen LogP contribution in [0.3, 0.4) is 0 Å². The molecule has 0 bridgehead atoms. The molecule has 3 N–H and O–H groups in total. The number of nitrogens with one attached hydrogen (secondary N) is 1. The monoisotopic (exact) mass is 294 g/mol. The van der Waals surface area contributed by atoms with E-state index in [1.54, 1.807) is 0 Å². The molecule has 1 atom stereocenters. The standard InChI is InChI=1S/C18H34N2O/c1-5-6-7-8-9-10-11-12-13-17(20-19)18-14(2)15(3)21-16(18)4/h17,20H,5-13,19H2,1-4H3. The van der Waals surface area contributed by atoms with E-state index in [0.717, 1.165) is 17.9 Å². The van der Waals surface area contributed by atoms with Gasteiger partial charge >= 0.3 is 0 Å². The topological polar surface area (TPSA) is 51.2 Å². The van der Waals surface area contributed by atoms with Crippen LogP contribution >= 0.6 is 0 Å². The van der Waals surface area contributed by atoms with Crippen LogP contribution in [0.5, 0.6) is 0 Å². The highest BCUT2D eigenvalue weighted by Gasteiger charge is 2.19. The molecular weight excluding hydrogens is 260 g/mol. The van der Waals surface area contributed by atoms with Gasteiger partial charge in [-0.2, -0.15) is 0 Å². The van der Waals surface area contributed by atoms with E-state index in [1.807, 2.05) is 13.8 Å². The molecule has 1 aromatic rings. The number of aryl methyl sites for hydroxylation is 2. The van der Waals surface area contributed by atoms with Gasteiger partial charge in [0, 0.05) is 11.6 Å². The maximum atomic E-state index is 5.76. The van der Waals surface area contributed by atoms with Crippen molar-refractivity contribution in [3.05, 3.63) is 22.6 Å². The number of unbranched alkanes of at least 4 members (excludes halogenated alkanes) is 7.